The SMILES string of the molecule is CC(C)(C)OC(=O)C1CCCCN1CN(Cc1ccccc1)CC(O)c1ccccc1.CC(C)(C)OC(=O)[n+]1ccccc1C=O.CC[C@H]1O[C@@H](n2cc(C)c(=O)[nH]c2=O)CC1O.CC[C@H]1O[C@@H](n2cc(C)c(=O)[nH]c2=O)CC1OC(=O)OC(CN(Cc1ccccc1)CC1CCCCN1C(=O)OC(C)(C)C)c1ccccc1.NCC(O)c1ccccc1.O=Cc1ccccc1.OC(CNCc1ccccc1)c1ccccc1.[2H]CI. The number of nitrogens with one attached hydrogen (secondary N) is 3. The van der Waals surface area contributed by atoms with Crippen molar-refractivity contribution in [3.8, 4) is 0 Å². The predicted octanol–water partition coefficient (Wildman–Crippen LogP) is 17.7. The Morgan fingerprint density at radius 2 is 0.993 bits per heavy atom. The number of hydrogen-bond donors (Lipinski definition) is 8. The van der Waals surface area contributed by atoms with Crippen molar-refractivity contribution in [2.45, 2.75) is 264 Å². The van der Waals surface area contributed by atoms with Crippen molar-refractivity contribution in [3.05, 3.63) is 382 Å². The van der Waals surface area contributed by atoms with E-state index in [1.807, 2.05) is 277 Å². The summed E-state index contributed by atoms with van der Waals surface area (Å²) in [4.78, 5) is 133. The van der Waals surface area contributed by atoms with Gasteiger partial charge in [0.05, 0.1) is 43.3 Å². The first-order chi connectivity index (χ1) is 72.2. The zero-order valence-corrected chi connectivity index (χ0v) is 90.7. The number of alkyl halides is 1. The highest BCUT2D eigenvalue weighted by atomic mass is 127. The van der Waals surface area contributed by atoms with Gasteiger partial charge in [-0.1, -0.05) is 290 Å². The summed E-state index contributed by atoms with van der Waals surface area (Å²) < 4.78 is 50.3. The first-order valence-electron chi connectivity index (χ1n) is 51.7. The average Bonchev–Trinajstić information content (AvgIpc) is 1.63. The normalized spacial score (nSPS) is 18.2. The van der Waals surface area contributed by atoms with Crippen LogP contribution >= 0.6 is 22.6 Å². The Labute approximate surface area is 895 Å². The maximum Gasteiger partial charge on any atom is 0.603 e. The van der Waals surface area contributed by atoms with Gasteiger partial charge in [0.15, 0.2) is 6.20 Å². The number of pyridine rings is 1. The molecular formula is C117H153IN11O21+. The molecule has 4 aliphatic rings. The molecule has 150 heavy (non-hydrogen) atoms. The smallest absolute Gasteiger partial charge is 0.459 e. The maximum atomic E-state index is 13.6. The zero-order valence-electron chi connectivity index (χ0n) is 89.5. The summed E-state index contributed by atoms with van der Waals surface area (Å²) >= 11 is 1.96. The van der Waals surface area contributed by atoms with Crippen LogP contribution in [0.1, 0.15) is 250 Å². The molecule has 8 aromatic carbocycles. The minimum Gasteiger partial charge on any atom is -0.459 e. The van der Waals surface area contributed by atoms with Crippen molar-refractivity contribution in [1.29, 1.82) is 0 Å². The molecule has 12 atom stereocenters. The van der Waals surface area contributed by atoms with Gasteiger partial charge in [-0.15, -0.1) is 0 Å². The Hall–Kier alpha value is -12.6. The summed E-state index contributed by atoms with van der Waals surface area (Å²) in [5.74, 6) is -0.143. The first-order valence-corrected chi connectivity index (χ1v) is 52.5. The number of carbonyl (C=O) groups excluding carboxylic acids is 6. The molecule has 0 bridgehead atoms. The molecule has 4 aliphatic heterocycles. The van der Waals surface area contributed by atoms with Gasteiger partial charge in [-0.3, -0.25) is 57.8 Å². The van der Waals surface area contributed by atoms with Crippen LogP contribution in [0.3, 0.4) is 0 Å². The van der Waals surface area contributed by atoms with Crippen molar-refractivity contribution in [3.63, 3.8) is 0 Å². The predicted molar refractivity (Wildman–Crippen MR) is 587 cm³/mol. The van der Waals surface area contributed by atoms with Gasteiger partial charge < -0.3 is 69.5 Å². The van der Waals surface area contributed by atoms with E-state index >= 15 is 0 Å². The van der Waals surface area contributed by atoms with Crippen molar-refractivity contribution in [2.24, 2.45) is 5.73 Å². The van der Waals surface area contributed by atoms with E-state index in [-0.39, 0.29) is 48.9 Å². The Balaban J connectivity index is 0.000000233. The molecule has 11 aromatic rings. The third kappa shape index (κ3) is 42.7. The monoisotopic (exact) mass is 2180 g/mol. The minimum atomic E-state index is -0.843. The fraction of sp³-hybridized carbons (Fsp3) is 0.427. The number of rotatable bonds is 30. The summed E-state index contributed by atoms with van der Waals surface area (Å²) in [6.45, 7) is 30.1. The molecule has 7 heterocycles. The van der Waals surface area contributed by atoms with Crippen molar-refractivity contribution in [2.75, 3.05) is 57.4 Å². The molecule has 8 unspecified atom stereocenters. The van der Waals surface area contributed by atoms with E-state index in [1.54, 1.807) is 65.0 Å². The number of amides is 1. The molecular weight excluding hydrogens is 2020 g/mol. The first kappa shape index (κ1) is 121. The molecule has 4 saturated heterocycles. The van der Waals surface area contributed by atoms with Crippen LogP contribution in [0.25, 0.3) is 0 Å². The topological polar surface area (TPSA) is 413 Å². The van der Waals surface area contributed by atoms with Gasteiger partial charge >= 0.3 is 35.7 Å². The molecule has 4 fully saturated rings. The summed E-state index contributed by atoms with van der Waals surface area (Å²) in [7, 11) is 0. The minimum absolute atomic E-state index is 0.0801. The van der Waals surface area contributed by atoms with Crippen LogP contribution in [-0.2, 0) is 57.6 Å². The van der Waals surface area contributed by atoms with Crippen molar-refractivity contribution < 1.29 is 88.3 Å². The van der Waals surface area contributed by atoms with Crippen LogP contribution in [-0.4, -0.2) is 207 Å². The lowest BCUT2D eigenvalue weighted by Crippen LogP contribution is -2.51. The average molecular weight is 2180 g/mol. The highest BCUT2D eigenvalue weighted by molar-refractivity contribution is 14.1. The number of aldehydes is 2. The molecule has 0 radical (unpaired) electrons. The number of hydrogen-bond acceptors (Lipinski definition) is 26. The number of piperidine rings is 2. The van der Waals surface area contributed by atoms with E-state index in [4.69, 9.17) is 40.3 Å². The van der Waals surface area contributed by atoms with Crippen molar-refractivity contribution in [1.82, 2.24) is 44.0 Å². The second-order valence-corrected chi connectivity index (χ2v) is 39.7. The molecule has 0 spiro atoms. The number of halogens is 1. The molecule has 9 N–H and O–H groups in total. The fourth-order valence-electron chi connectivity index (χ4n) is 16.9. The Bertz CT molecular complexity index is 6090. The summed E-state index contributed by atoms with van der Waals surface area (Å²) in [6, 6.07) is 82.6. The van der Waals surface area contributed by atoms with Gasteiger partial charge in [0.25, 0.3) is 16.8 Å². The van der Waals surface area contributed by atoms with Crippen LogP contribution < -0.4 is 38.1 Å². The van der Waals surface area contributed by atoms with E-state index in [1.165, 1.54) is 43.4 Å². The number of nitrogens with zero attached hydrogens (tertiary/aromatic N) is 7. The third-order valence-corrected chi connectivity index (χ3v) is 24.3. The van der Waals surface area contributed by atoms with Crippen LogP contribution in [0.4, 0.5) is 14.4 Å². The number of esters is 1. The lowest BCUT2D eigenvalue weighted by atomic mass is 10.0. The number of ether oxygens (including phenoxy) is 7. The number of benzene rings is 8. The Morgan fingerprint density at radius 3 is 1.47 bits per heavy atom. The van der Waals surface area contributed by atoms with Gasteiger partial charge in [0, 0.05) is 127 Å². The van der Waals surface area contributed by atoms with Gasteiger partial charge in [0.1, 0.15) is 53.8 Å². The highest BCUT2D eigenvalue weighted by Gasteiger charge is 2.42. The zero-order chi connectivity index (χ0) is 110. The van der Waals surface area contributed by atoms with E-state index in [9.17, 15) is 68.4 Å². The van der Waals surface area contributed by atoms with Crippen molar-refractivity contribution >= 4 is 59.5 Å². The van der Waals surface area contributed by atoms with Gasteiger partial charge in [-0.25, -0.2) is 19.2 Å². The second-order valence-electron chi connectivity index (χ2n) is 39.7. The second kappa shape index (κ2) is 63.5. The summed E-state index contributed by atoms with van der Waals surface area (Å²) in [6.07, 6.45) is 6.24. The number of aliphatic hydroxyl groups is 4. The summed E-state index contributed by atoms with van der Waals surface area (Å²) in [5, 5.41) is 43.0. The number of likely N-dealkylation sites (tertiary alicyclic amines) is 2. The summed E-state index contributed by atoms with van der Waals surface area (Å²) in [5.41, 5.74) is 10.5. The Morgan fingerprint density at radius 1 is 0.547 bits per heavy atom. The van der Waals surface area contributed by atoms with Crippen LogP contribution in [0.15, 0.2) is 299 Å². The number of aromatic nitrogens is 5. The molecule has 33 heteroatoms. The molecule has 15 rings (SSSR count). The number of H-pyrrole nitrogens is 2. The Kier molecular flexibility index (Phi) is 51.2. The highest BCUT2D eigenvalue weighted by Crippen LogP contribution is 2.35. The quantitative estimate of drug-likeness (QED) is 0.00517. The number of carbonyl (C=O) groups is 6. The van der Waals surface area contributed by atoms with E-state index in [0.717, 1.165) is 91.3 Å². The van der Waals surface area contributed by atoms with Crippen LogP contribution in [0, 0.1) is 13.8 Å². The molecule has 1 amide bonds. The largest absolute Gasteiger partial charge is 0.603 e. The molecule has 0 aliphatic carbocycles. The standard InChI is InChI=1S/C38H50N4O8.C26H36N2O3.C15H17NO.C11H16N2O4.C11H14NO3.C8H11NO.C7H6O.CH3I/c1-6-30-31(21-33(47-30)42-22-26(2)34(43)39-35(42)44)48-37(46)49-32(28-17-11-8-12-18-28)25-40(23-27-15-9-7-10-16-27)24-29-19-13-14-20-41(29)36(45)50-38(3,4)5;1-26(2,3)31-25(30)23-16-10-11-17-28(23)20-27(18-21-12-6-4-7-13-21)19-24(29)22-14-8-5-9-15-22;17-15(14-9-5-2-6-10-14)12-16-11-13-7-3-1-4-8-13;1-3-8-7(14)4-9(17-8)13-5-6(2)10(15)12-11(13)16;1-11(2,3)15-10(14)12-7-5-4-6-9(12)8-13;9-6-8(10)7-4-2-1-3-5-7;8-6-7-4-2-1-3-5-7;1-2/h7-12,15-18,22,29-33H,6,13-14,19-21,23-25H2,1-5H3,(H,39,43,44);4-9,12-15,23-24,29H,10-11,16-20H2,1-3H3;1-10,15-17H,11-12H2;5,7-9,14H,3-4H2,1-2H3,(H,12,15,16);4-8H,1-3H3;1-5,8,10H,6,9H2;1-6H;1H3/q;;;;+1;;;/t29?,30-,31?,32?,33-;;;7?,8-,9-;;;;/m1..1..../s1/i;;;;;;;1D. The molecule has 0 saturated carbocycles. The van der Waals surface area contributed by atoms with E-state index in [0.29, 0.717) is 94.1 Å². The number of aliphatic hydroxyl groups excluding tert-OH is 4. The maximum absolute atomic E-state index is 13.6. The third-order valence-electron chi connectivity index (χ3n) is 24.3. The molecule has 3 aromatic heterocycles. The van der Waals surface area contributed by atoms with Gasteiger partial charge in [-0.05, 0) is 171 Å². The number of aromatic amines is 2. The fourth-order valence-corrected chi connectivity index (χ4v) is 16.9. The van der Waals surface area contributed by atoms with Gasteiger partial charge in [0.2, 0.25) is 6.29 Å². The molecule has 808 valence electrons. The van der Waals surface area contributed by atoms with E-state index < -0.39 is 107 Å². The number of aryl methyl sites for hydroxylation is 2. The lowest BCUT2D eigenvalue weighted by Gasteiger charge is -2.40. The van der Waals surface area contributed by atoms with Crippen LogP contribution in [0.2, 0.25) is 0 Å². The van der Waals surface area contributed by atoms with E-state index in [2.05, 4.69) is 66.4 Å². The van der Waals surface area contributed by atoms with Crippen LogP contribution in [0.5, 0.6) is 0 Å². The number of nitrogens with two attached hydrogens (primary N) is 1. The molecule has 32 nitrogen and oxygen atoms in total. The lowest BCUT2D eigenvalue weighted by molar-refractivity contribution is -0.590. The van der Waals surface area contributed by atoms with Gasteiger partial charge in [-0.2, -0.15) is 4.79 Å².